The maximum atomic E-state index is 12.6. The Labute approximate surface area is 185 Å². The van der Waals surface area contributed by atoms with Gasteiger partial charge in [-0.15, -0.1) is 11.3 Å². The second kappa shape index (κ2) is 8.89. The molecule has 0 spiro atoms. The molecule has 1 aromatic carbocycles. The SMILES string of the molecule is COC(=O)c1c(NC(=O)/C=C\c2cnn(C)c2C)sc2c1CC[C@@H](c1ccccc1)C2. The lowest BCUT2D eigenvalue weighted by Crippen LogP contribution is -2.15. The first-order valence-corrected chi connectivity index (χ1v) is 11.0. The smallest absolute Gasteiger partial charge is 0.341 e. The van der Waals surface area contributed by atoms with Crippen molar-refractivity contribution >= 4 is 34.3 Å². The molecule has 2 heterocycles. The number of hydrogen-bond acceptors (Lipinski definition) is 5. The van der Waals surface area contributed by atoms with Crippen LogP contribution >= 0.6 is 11.3 Å². The molecule has 1 N–H and O–H groups in total. The summed E-state index contributed by atoms with van der Waals surface area (Å²) in [5.41, 5.74) is 4.65. The van der Waals surface area contributed by atoms with Crippen LogP contribution in [0, 0.1) is 6.92 Å². The van der Waals surface area contributed by atoms with E-state index in [0.29, 0.717) is 16.5 Å². The van der Waals surface area contributed by atoms with Gasteiger partial charge in [-0.1, -0.05) is 30.3 Å². The number of carbonyl (C=O) groups excluding carboxylic acids is 2. The predicted octanol–water partition coefficient (Wildman–Crippen LogP) is 4.50. The molecule has 0 radical (unpaired) electrons. The normalized spacial score (nSPS) is 15.6. The molecule has 0 aliphatic heterocycles. The van der Waals surface area contributed by atoms with E-state index in [0.717, 1.165) is 41.0 Å². The van der Waals surface area contributed by atoms with Gasteiger partial charge in [-0.3, -0.25) is 9.48 Å². The van der Waals surface area contributed by atoms with Crippen molar-refractivity contribution in [2.24, 2.45) is 7.05 Å². The Hall–Kier alpha value is -3.19. The van der Waals surface area contributed by atoms with Crippen molar-refractivity contribution in [1.29, 1.82) is 0 Å². The number of fused-ring (bicyclic) bond motifs is 1. The van der Waals surface area contributed by atoms with Gasteiger partial charge in [-0.2, -0.15) is 5.10 Å². The summed E-state index contributed by atoms with van der Waals surface area (Å²) in [6, 6.07) is 10.4. The number of nitrogens with one attached hydrogen (secondary N) is 1. The predicted molar refractivity (Wildman–Crippen MR) is 122 cm³/mol. The number of rotatable bonds is 5. The van der Waals surface area contributed by atoms with Gasteiger partial charge in [-0.05, 0) is 49.3 Å². The molecule has 2 aromatic heterocycles. The molecule has 1 aliphatic carbocycles. The number of amides is 1. The molecule has 0 saturated heterocycles. The highest BCUT2D eigenvalue weighted by molar-refractivity contribution is 7.17. The van der Waals surface area contributed by atoms with Crippen molar-refractivity contribution in [1.82, 2.24) is 9.78 Å². The fraction of sp³-hybridized carbons (Fsp3) is 0.292. The van der Waals surface area contributed by atoms with Crippen molar-refractivity contribution < 1.29 is 14.3 Å². The lowest BCUT2D eigenvalue weighted by Gasteiger charge is -2.22. The second-order valence-corrected chi connectivity index (χ2v) is 8.79. The first-order valence-electron chi connectivity index (χ1n) is 10.2. The number of hydrogen-bond donors (Lipinski definition) is 1. The summed E-state index contributed by atoms with van der Waals surface area (Å²) in [5, 5.41) is 7.63. The largest absolute Gasteiger partial charge is 0.465 e. The summed E-state index contributed by atoms with van der Waals surface area (Å²) in [5.74, 6) is -0.278. The Morgan fingerprint density at radius 1 is 1.29 bits per heavy atom. The Morgan fingerprint density at radius 3 is 2.74 bits per heavy atom. The lowest BCUT2D eigenvalue weighted by atomic mass is 9.83. The molecule has 3 aromatic rings. The quantitative estimate of drug-likeness (QED) is 0.473. The number of aryl methyl sites for hydroxylation is 1. The van der Waals surface area contributed by atoms with Gasteiger partial charge < -0.3 is 10.1 Å². The third-order valence-electron chi connectivity index (χ3n) is 5.85. The van der Waals surface area contributed by atoms with Gasteiger partial charge in [0.15, 0.2) is 0 Å². The summed E-state index contributed by atoms with van der Waals surface area (Å²) >= 11 is 1.48. The van der Waals surface area contributed by atoms with Crippen LogP contribution < -0.4 is 5.32 Å². The van der Waals surface area contributed by atoms with Gasteiger partial charge in [-0.25, -0.2) is 4.79 Å². The molecule has 0 saturated carbocycles. The summed E-state index contributed by atoms with van der Waals surface area (Å²) in [7, 11) is 3.23. The number of ether oxygens (including phenoxy) is 1. The molecule has 0 unspecified atom stereocenters. The second-order valence-electron chi connectivity index (χ2n) is 7.68. The van der Waals surface area contributed by atoms with E-state index in [4.69, 9.17) is 4.74 Å². The van der Waals surface area contributed by atoms with E-state index >= 15 is 0 Å². The third-order valence-corrected chi connectivity index (χ3v) is 7.02. The zero-order valence-electron chi connectivity index (χ0n) is 17.8. The van der Waals surface area contributed by atoms with E-state index in [9.17, 15) is 9.59 Å². The minimum atomic E-state index is -0.405. The van der Waals surface area contributed by atoms with Crippen LogP contribution in [0.2, 0.25) is 0 Å². The van der Waals surface area contributed by atoms with E-state index in [-0.39, 0.29) is 5.91 Å². The average molecular weight is 436 g/mol. The molecule has 31 heavy (non-hydrogen) atoms. The molecular weight excluding hydrogens is 410 g/mol. The lowest BCUT2D eigenvalue weighted by molar-refractivity contribution is -0.111. The molecule has 7 heteroatoms. The zero-order chi connectivity index (χ0) is 22.0. The molecule has 160 valence electrons. The molecule has 1 atom stereocenters. The van der Waals surface area contributed by atoms with Crippen LogP contribution in [-0.2, 0) is 29.4 Å². The highest BCUT2D eigenvalue weighted by atomic mass is 32.1. The molecule has 1 aliphatic rings. The zero-order valence-corrected chi connectivity index (χ0v) is 18.7. The summed E-state index contributed by atoms with van der Waals surface area (Å²) < 4.78 is 6.78. The van der Waals surface area contributed by atoms with E-state index in [1.54, 1.807) is 17.0 Å². The van der Waals surface area contributed by atoms with Gasteiger partial charge in [0.2, 0.25) is 5.91 Å². The van der Waals surface area contributed by atoms with Gasteiger partial charge in [0.1, 0.15) is 5.00 Å². The van der Waals surface area contributed by atoms with Crippen LogP contribution in [-0.4, -0.2) is 28.8 Å². The van der Waals surface area contributed by atoms with E-state index < -0.39 is 5.97 Å². The maximum Gasteiger partial charge on any atom is 0.341 e. The highest BCUT2D eigenvalue weighted by Crippen LogP contribution is 2.42. The fourth-order valence-electron chi connectivity index (χ4n) is 4.00. The third kappa shape index (κ3) is 4.32. The highest BCUT2D eigenvalue weighted by Gasteiger charge is 2.30. The van der Waals surface area contributed by atoms with Gasteiger partial charge in [0, 0.05) is 29.3 Å². The van der Waals surface area contributed by atoms with Crippen molar-refractivity contribution in [2.75, 3.05) is 12.4 Å². The Bertz CT molecular complexity index is 1140. The number of thiophene rings is 1. The molecule has 4 rings (SSSR count). The summed E-state index contributed by atoms with van der Waals surface area (Å²) in [4.78, 5) is 26.3. The van der Waals surface area contributed by atoms with Crippen LogP contribution in [0.3, 0.4) is 0 Å². The number of aromatic nitrogens is 2. The Kier molecular flexibility index (Phi) is 6.04. The molecule has 1 amide bonds. The van der Waals surface area contributed by atoms with Crippen molar-refractivity contribution in [3.8, 4) is 0 Å². The van der Waals surface area contributed by atoms with Gasteiger partial charge in [0.05, 0.1) is 18.9 Å². The van der Waals surface area contributed by atoms with Crippen molar-refractivity contribution in [2.45, 2.75) is 32.1 Å². The van der Waals surface area contributed by atoms with Crippen LogP contribution in [0.4, 0.5) is 5.00 Å². The summed E-state index contributed by atoms with van der Waals surface area (Å²) in [6.07, 6.45) is 7.52. The number of nitrogens with zero attached hydrogens (tertiary/aromatic N) is 2. The first-order chi connectivity index (χ1) is 15.0. The molecule has 6 nitrogen and oxygen atoms in total. The van der Waals surface area contributed by atoms with Crippen LogP contribution in [0.5, 0.6) is 0 Å². The Morgan fingerprint density at radius 2 is 2.06 bits per heavy atom. The molecule has 0 bridgehead atoms. The first kappa shape index (κ1) is 21.1. The molecular formula is C24H25N3O3S. The van der Waals surface area contributed by atoms with E-state index in [1.165, 1.54) is 30.1 Å². The van der Waals surface area contributed by atoms with Gasteiger partial charge >= 0.3 is 5.97 Å². The number of benzene rings is 1. The molecule has 0 fully saturated rings. The maximum absolute atomic E-state index is 12.6. The topological polar surface area (TPSA) is 73.2 Å². The Balaban J connectivity index is 1.58. The van der Waals surface area contributed by atoms with Crippen LogP contribution in [0.25, 0.3) is 6.08 Å². The van der Waals surface area contributed by atoms with Crippen molar-refractivity contribution in [3.05, 3.63) is 75.4 Å². The number of carbonyl (C=O) groups is 2. The summed E-state index contributed by atoms with van der Waals surface area (Å²) in [6.45, 7) is 1.94. The van der Waals surface area contributed by atoms with E-state index in [2.05, 4.69) is 34.7 Å². The number of anilines is 1. The van der Waals surface area contributed by atoms with E-state index in [1.807, 2.05) is 20.0 Å². The minimum absolute atomic E-state index is 0.286. The van der Waals surface area contributed by atoms with Crippen LogP contribution in [0.15, 0.2) is 42.6 Å². The number of methoxy groups -OCH3 is 1. The monoisotopic (exact) mass is 435 g/mol. The average Bonchev–Trinajstić information content (AvgIpc) is 3.31. The standard InChI is InChI=1S/C24H25N3O3S/c1-15-18(14-25-27(15)2)10-12-21(28)26-23-22(24(29)30-3)19-11-9-17(13-20(19)31-23)16-7-5-4-6-8-16/h4-8,10,12,14,17H,9,11,13H2,1-3H3,(H,26,28)/b12-10-/t17-/m1/s1. The van der Waals surface area contributed by atoms with Crippen LogP contribution in [0.1, 0.15) is 50.0 Å². The minimum Gasteiger partial charge on any atom is -0.465 e. The van der Waals surface area contributed by atoms with Gasteiger partial charge in [0.25, 0.3) is 0 Å². The fourth-order valence-corrected chi connectivity index (χ4v) is 5.32. The number of esters is 1. The van der Waals surface area contributed by atoms with Crippen molar-refractivity contribution in [3.63, 3.8) is 0 Å².